The van der Waals surface area contributed by atoms with Crippen molar-refractivity contribution < 1.29 is 14.6 Å². The monoisotopic (exact) mass is 341 g/mol. The van der Waals surface area contributed by atoms with E-state index in [9.17, 15) is 4.79 Å². The number of benzene rings is 1. The average molecular weight is 343 g/mol. The van der Waals surface area contributed by atoms with Crippen LogP contribution in [0.1, 0.15) is 16.1 Å². The minimum absolute atomic E-state index is 0.0721. The van der Waals surface area contributed by atoms with Crippen LogP contribution in [0.4, 0.5) is 0 Å². The van der Waals surface area contributed by atoms with Gasteiger partial charge in [0.05, 0.1) is 9.50 Å². The molecule has 6 heteroatoms. The zero-order valence-corrected chi connectivity index (χ0v) is 12.2. The summed E-state index contributed by atoms with van der Waals surface area (Å²) >= 11 is 9.11. The summed E-state index contributed by atoms with van der Waals surface area (Å²) < 4.78 is 6.29. The molecule has 0 unspecified atom stereocenters. The number of hydrogen-bond donors (Lipinski definition) is 1. The molecule has 0 aliphatic heterocycles. The van der Waals surface area contributed by atoms with Gasteiger partial charge in [-0.1, -0.05) is 17.7 Å². The highest BCUT2D eigenvalue weighted by Gasteiger charge is 2.13. The number of nitrogens with zero attached hydrogens (tertiary/aromatic N) is 1. The van der Waals surface area contributed by atoms with Crippen molar-refractivity contribution in [3.05, 3.63) is 51.1 Å². The lowest BCUT2D eigenvalue weighted by Gasteiger charge is -2.08. The number of carbonyl (C=O) groups is 1. The van der Waals surface area contributed by atoms with Crippen molar-refractivity contribution in [1.29, 1.82) is 0 Å². The lowest BCUT2D eigenvalue weighted by atomic mass is 10.2. The van der Waals surface area contributed by atoms with Crippen molar-refractivity contribution in [3.63, 3.8) is 0 Å². The third-order valence-corrected chi connectivity index (χ3v) is 3.25. The van der Waals surface area contributed by atoms with E-state index in [1.54, 1.807) is 6.07 Å². The van der Waals surface area contributed by atoms with E-state index in [1.807, 2.05) is 19.1 Å². The summed E-state index contributed by atoms with van der Waals surface area (Å²) in [4.78, 5) is 14.8. The van der Waals surface area contributed by atoms with E-state index in [1.165, 1.54) is 12.1 Å². The van der Waals surface area contributed by atoms with Crippen LogP contribution in [0.2, 0.25) is 5.02 Å². The average Bonchev–Trinajstić information content (AvgIpc) is 2.34. The van der Waals surface area contributed by atoms with Gasteiger partial charge in [0, 0.05) is 6.07 Å². The molecule has 0 radical (unpaired) electrons. The van der Waals surface area contributed by atoms with Gasteiger partial charge < -0.3 is 9.84 Å². The van der Waals surface area contributed by atoms with Crippen LogP contribution in [0.3, 0.4) is 0 Å². The quantitative estimate of drug-likeness (QED) is 0.903. The summed E-state index contributed by atoms with van der Waals surface area (Å²) in [6.07, 6.45) is 0. The molecule has 0 bridgehead atoms. The van der Waals surface area contributed by atoms with Gasteiger partial charge in [-0.2, -0.15) is 0 Å². The summed E-state index contributed by atoms with van der Waals surface area (Å²) in [6, 6.07) is 8.50. The Labute approximate surface area is 123 Å². The normalized spacial score (nSPS) is 10.3. The summed E-state index contributed by atoms with van der Waals surface area (Å²) in [5.74, 6) is -0.471. The van der Waals surface area contributed by atoms with E-state index in [0.717, 1.165) is 10.0 Å². The number of aryl methyl sites for hydroxylation is 1. The van der Waals surface area contributed by atoms with Gasteiger partial charge in [-0.05, 0) is 46.6 Å². The molecular formula is C13H9BrClNO3. The fourth-order valence-corrected chi connectivity index (χ4v) is 2.19. The highest BCUT2D eigenvalue weighted by atomic mass is 79.9. The molecule has 19 heavy (non-hydrogen) atoms. The number of carboxylic acid groups (broad SMARTS) is 1. The van der Waals surface area contributed by atoms with Gasteiger partial charge in [0.15, 0.2) is 5.69 Å². The van der Waals surface area contributed by atoms with Crippen LogP contribution in [0.5, 0.6) is 11.6 Å². The summed E-state index contributed by atoms with van der Waals surface area (Å²) in [5, 5.41) is 9.01. The summed E-state index contributed by atoms with van der Waals surface area (Å²) in [7, 11) is 0. The van der Waals surface area contributed by atoms with Gasteiger partial charge in [-0.25, -0.2) is 9.78 Å². The minimum atomic E-state index is -1.20. The largest absolute Gasteiger partial charge is 0.476 e. The second kappa shape index (κ2) is 5.59. The first-order valence-corrected chi connectivity index (χ1v) is 6.48. The number of hydrogen-bond acceptors (Lipinski definition) is 3. The fraction of sp³-hybridized carbons (Fsp3) is 0.0769. The molecule has 0 fully saturated rings. The number of carboxylic acids is 1. The molecule has 98 valence electrons. The molecule has 1 aromatic carbocycles. The Balaban J connectivity index is 2.33. The highest BCUT2D eigenvalue weighted by Crippen LogP contribution is 2.30. The predicted octanol–water partition coefficient (Wildman–Crippen LogP) is 4.30. The number of aromatic carboxylic acids is 1. The van der Waals surface area contributed by atoms with Crippen LogP contribution >= 0.6 is 27.5 Å². The third kappa shape index (κ3) is 3.24. The smallest absolute Gasteiger partial charge is 0.356 e. The van der Waals surface area contributed by atoms with Gasteiger partial charge in [-0.3, -0.25) is 0 Å². The lowest BCUT2D eigenvalue weighted by Crippen LogP contribution is -2.02. The maximum absolute atomic E-state index is 10.9. The molecule has 0 spiro atoms. The number of rotatable bonds is 3. The molecule has 2 rings (SSSR count). The second-order valence-electron chi connectivity index (χ2n) is 3.82. The first-order valence-electron chi connectivity index (χ1n) is 5.31. The SMILES string of the molecule is Cc1ccc(Oc2ccc(Cl)c(C(=O)O)n2)c(Br)c1. The lowest BCUT2D eigenvalue weighted by molar-refractivity contribution is 0.0690. The summed E-state index contributed by atoms with van der Waals surface area (Å²) in [5.41, 5.74) is 0.844. The van der Waals surface area contributed by atoms with Gasteiger partial charge in [-0.15, -0.1) is 0 Å². The zero-order valence-electron chi connectivity index (χ0n) is 9.85. The van der Waals surface area contributed by atoms with Crippen molar-refractivity contribution >= 4 is 33.5 Å². The van der Waals surface area contributed by atoms with Crippen LogP contribution in [0, 0.1) is 6.92 Å². The van der Waals surface area contributed by atoms with E-state index in [2.05, 4.69) is 20.9 Å². The van der Waals surface area contributed by atoms with Crippen LogP contribution in [-0.4, -0.2) is 16.1 Å². The van der Waals surface area contributed by atoms with Crippen molar-refractivity contribution in [2.75, 3.05) is 0 Å². The van der Waals surface area contributed by atoms with Crippen molar-refractivity contribution in [1.82, 2.24) is 4.98 Å². The van der Waals surface area contributed by atoms with Crippen LogP contribution in [-0.2, 0) is 0 Å². The maximum Gasteiger partial charge on any atom is 0.356 e. The van der Waals surface area contributed by atoms with Crippen molar-refractivity contribution in [3.8, 4) is 11.6 Å². The van der Waals surface area contributed by atoms with E-state index < -0.39 is 5.97 Å². The molecule has 1 heterocycles. The number of pyridine rings is 1. The molecule has 0 atom stereocenters. The molecule has 1 aromatic heterocycles. The van der Waals surface area contributed by atoms with Gasteiger partial charge in [0.1, 0.15) is 5.75 Å². The molecule has 4 nitrogen and oxygen atoms in total. The van der Waals surface area contributed by atoms with Crippen molar-refractivity contribution in [2.24, 2.45) is 0 Å². The fourth-order valence-electron chi connectivity index (χ4n) is 1.43. The molecule has 1 N–H and O–H groups in total. The number of halogens is 2. The molecule has 0 saturated carbocycles. The molecule has 0 aliphatic carbocycles. The second-order valence-corrected chi connectivity index (χ2v) is 5.08. The number of aromatic nitrogens is 1. The Morgan fingerprint density at radius 3 is 2.74 bits per heavy atom. The first-order chi connectivity index (χ1) is 8.97. The topological polar surface area (TPSA) is 59.4 Å². The van der Waals surface area contributed by atoms with E-state index in [0.29, 0.717) is 5.75 Å². The van der Waals surface area contributed by atoms with E-state index in [-0.39, 0.29) is 16.6 Å². The molecule has 0 amide bonds. The molecule has 0 saturated heterocycles. The first kappa shape index (κ1) is 13.8. The van der Waals surface area contributed by atoms with Gasteiger partial charge in [0.2, 0.25) is 5.88 Å². The van der Waals surface area contributed by atoms with Crippen molar-refractivity contribution in [2.45, 2.75) is 6.92 Å². The Bertz CT molecular complexity index is 646. The minimum Gasteiger partial charge on any atom is -0.476 e. The van der Waals surface area contributed by atoms with Crippen LogP contribution in [0.25, 0.3) is 0 Å². The summed E-state index contributed by atoms with van der Waals surface area (Å²) in [6.45, 7) is 1.96. The third-order valence-electron chi connectivity index (χ3n) is 2.32. The van der Waals surface area contributed by atoms with Gasteiger partial charge >= 0.3 is 5.97 Å². The number of ether oxygens (including phenoxy) is 1. The predicted molar refractivity (Wildman–Crippen MR) is 75.2 cm³/mol. The molecule has 0 aliphatic rings. The van der Waals surface area contributed by atoms with E-state index in [4.69, 9.17) is 21.4 Å². The van der Waals surface area contributed by atoms with Crippen LogP contribution in [0.15, 0.2) is 34.8 Å². The van der Waals surface area contributed by atoms with E-state index >= 15 is 0 Å². The van der Waals surface area contributed by atoms with Crippen LogP contribution < -0.4 is 4.74 Å². The highest BCUT2D eigenvalue weighted by molar-refractivity contribution is 9.10. The standard InChI is InChI=1S/C13H9BrClNO3/c1-7-2-4-10(8(14)6-7)19-11-5-3-9(15)12(16-11)13(17)18/h2-6H,1H3,(H,17,18). The Hall–Kier alpha value is -1.59. The maximum atomic E-state index is 10.9. The zero-order chi connectivity index (χ0) is 14.0. The Morgan fingerprint density at radius 2 is 2.11 bits per heavy atom. The Kier molecular flexibility index (Phi) is 4.07. The molecular weight excluding hydrogens is 334 g/mol. The van der Waals surface area contributed by atoms with Gasteiger partial charge in [0.25, 0.3) is 0 Å². The Morgan fingerprint density at radius 1 is 1.37 bits per heavy atom. The molecule has 2 aromatic rings.